The number of ether oxygens (including phenoxy) is 6. The molecule has 3 aliphatic rings. The van der Waals surface area contributed by atoms with E-state index >= 15 is 0 Å². The van der Waals surface area contributed by atoms with E-state index in [9.17, 15) is 75.2 Å². The molecule has 0 aromatic heterocycles. The summed E-state index contributed by atoms with van der Waals surface area (Å²) in [6, 6.07) is 0. The van der Waals surface area contributed by atoms with Crippen molar-refractivity contribution in [3.05, 3.63) is 0 Å². The van der Waals surface area contributed by atoms with Crippen molar-refractivity contribution in [2.24, 2.45) is 0 Å². The van der Waals surface area contributed by atoms with Gasteiger partial charge in [0.15, 0.2) is 18.7 Å². The molecular weight excluding hydrogens is 1060 g/mol. The van der Waals surface area contributed by atoms with Crippen molar-refractivity contribution in [1.82, 2.24) is 0 Å². The molecule has 24 heteroatoms. The van der Waals surface area contributed by atoms with E-state index in [-0.39, 0.29) is 12.8 Å². The molecule has 0 amide bonds. The number of aliphatic hydroxyl groups excluding tert-OH is 11. The highest BCUT2D eigenvalue weighted by atomic mass is 31.2. The predicted molar refractivity (Wildman–Crippen MR) is 287 cm³/mol. The van der Waals surface area contributed by atoms with E-state index in [0.717, 1.165) is 57.8 Å². The van der Waals surface area contributed by atoms with Crippen LogP contribution in [0.3, 0.4) is 0 Å². The molecule has 3 rings (SSSR count). The number of carbonyl (C=O) groups excluding carboxylic acids is 2. The molecule has 0 radical (unpaired) electrons. The van der Waals surface area contributed by atoms with Crippen LogP contribution in [0.5, 0.6) is 0 Å². The van der Waals surface area contributed by atoms with Crippen LogP contribution in [-0.4, -0.2) is 204 Å². The Kier molecular flexibility index (Phi) is 36.9. The van der Waals surface area contributed by atoms with Crippen molar-refractivity contribution in [3.8, 4) is 0 Å². The van der Waals surface area contributed by atoms with Gasteiger partial charge in [-0.1, -0.05) is 181 Å². The lowest BCUT2D eigenvalue weighted by Gasteiger charge is -2.49. The van der Waals surface area contributed by atoms with Crippen molar-refractivity contribution < 1.29 is 113 Å². The first kappa shape index (κ1) is 71.7. The second kappa shape index (κ2) is 40.7. The molecule has 2 saturated heterocycles. The standard InChI is InChI=1S/C55H103O23P/c1-3-5-7-9-11-13-15-17-19-21-23-25-27-29-31-40(58)71-35-37(73-41(59)32-30-28-26-24-22-20-18-16-14-12-10-8-6-4-2)36-72-79(69,70)78-53-51(76-54-49(67)44(62)42(60)38(33-56)74-54)47(65)46(64)48(66)52(53)77-55-50(68)45(63)43(61)39(34-57)75-55/h37-39,42-57,60-68H,3-36H2,1-2H3,(H,69,70). The molecule has 2 heterocycles. The summed E-state index contributed by atoms with van der Waals surface area (Å²) in [5.41, 5.74) is 0. The Bertz CT molecular complexity index is 1580. The molecule has 3 fully saturated rings. The second-order valence-electron chi connectivity index (χ2n) is 21.9. The van der Waals surface area contributed by atoms with E-state index < -0.39 is 150 Å². The number of hydrogen-bond acceptors (Lipinski definition) is 22. The molecule has 1 saturated carbocycles. The molecule has 12 N–H and O–H groups in total. The van der Waals surface area contributed by atoms with E-state index in [1.165, 1.54) is 109 Å². The summed E-state index contributed by atoms with van der Waals surface area (Å²) in [5.74, 6) is -1.32. The molecule has 466 valence electrons. The summed E-state index contributed by atoms with van der Waals surface area (Å²) in [4.78, 5) is 37.5. The first-order valence-corrected chi connectivity index (χ1v) is 31.4. The monoisotopic (exact) mass is 1160 g/mol. The maximum atomic E-state index is 14.0. The third kappa shape index (κ3) is 26.5. The SMILES string of the molecule is CCCCCCCCCCCCCCCCC(=O)OCC(COP(=O)(O)OC1C(OC2OC(CO)C(O)C(O)C2O)C(O)C(O)C(O)C1OC1OC(CO)C(O)C(O)C1O)OC(=O)CCCCCCCCCCCCCCCC. The Balaban J connectivity index is 1.70. The van der Waals surface area contributed by atoms with E-state index in [2.05, 4.69) is 13.8 Å². The molecule has 16 atom stereocenters. The highest BCUT2D eigenvalue weighted by molar-refractivity contribution is 7.47. The van der Waals surface area contributed by atoms with Gasteiger partial charge in [-0.2, -0.15) is 0 Å². The minimum absolute atomic E-state index is 0.0249. The summed E-state index contributed by atoms with van der Waals surface area (Å²) in [6.07, 6.45) is -3.46. The molecule has 2 aliphatic heterocycles. The highest BCUT2D eigenvalue weighted by Gasteiger charge is 2.58. The Hall–Kier alpha value is -1.55. The van der Waals surface area contributed by atoms with Crippen LogP contribution in [0, 0.1) is 0 Å². The fraction of sp³-hybridized carbons (Fsp3) is 0.964. The average Bonchev–Trinajstić information content (AvgIpc) is 3.50. The van der Waals surface area contributed by atoms with E-state index in [0.29, 0.717) is 12.8 Å². The van der Waals surface area contributed by atoms with Gasteiger partial charge in [0.05, 0.1) is 19.8 Å². The Labute approximate surface area is 468 Å². The van der Waals surface area contributed by atoms with Gasteiger partial charge >= 0.3 is 19.8 Å². The number of phosphoric ester groups is 1. The van der Waals surface area contributed by atoms with Gasteiger partial charge in [0.1, 0.15) is 92.1 Å². The number of unbranched alkanes of at least 4 members (excludes halogenated alkanes) is 26. The minimum atomic E-state index is -5.63. The van der Waals surface area contributed by atoms with Crippen molar-refractivity contribution in [2.75, 3.05) is 26.4 Å². The molecule has 79 heavy (non-hydrogen) atoms. The van der Waals surface area contributed by atoms with Crippen LogP contribution in [-0.2, 0) is 51.6 Å². The van der Waals surface area contributed by atoms with Crippen molar-refractivity contribution in [3.63, 3.8) is 0 Å². The topological polar surface area (TPSA) is 368 Å². The quantitative estimate of drug-likeness (QED) is 0.0231. The van der Waals surface area contributed by atoms with E-state index in [4.69, 9.17) is 37.5 Å². The second-order valence-corrected chi connectivity index (χ2v) is 23.3. The zero-order valence-electron chi connectivity index (χ0n) is 47.2. The number of hydrogen-bond donors (Lipinski definition) is 12. The Morgan fingerprint density at radius 1 is 0.430 bits per heavy atom. The summed E-state index contributed by atoms with van der Waals surface area (Å²) in [5, 5.41) is 117. The summed E-state index contributed by atoms with van der Waals surface area (Å²) in [7, 11) is -5.63. The molecule has 0 aromatic carbocycles. The lowest BCUT2D eigenvalue weighted by atomic mass is 9.84. The Morgan fingerprint density at radius 3 is 1.11 bits per heavy atom. The zero-order chi connectivity index (χ0) is 58.2. The predicted octanol–water partition coefficient (Wildman–Crippen LogP) is 4.15. The molecule has 0 spiro atoms. The van der Waals surface area contributed by atoms with Crippen LogP contribution in [0.1, 0.15) is 206 Å². The van der Waals surface area contributed by atoms with Crippen LogP contribution in [0.15, 0.2) is 0 Å². The van der Waals surface area contributed by atoms with Gasteiger partial charge in [0.2, 0.25) is 0 Å². The summed E-state index contributed by atoms with van der Waals surface area (Å²) < 4.78 is 58.1. The van der Waals surface area contributed by atoms with Crippen molar-refractivity contribution in [1.29, 1.82) is 0 Å². The van der Waals surface area contributed by atoms with Gasteiger partial charge in [-0.25, -0.2) is 4.57 Å². The fourth-order valence-corrected chi connectivity index (χ4v) is 11.1. The van der Waals surface area contributed by atoms with Crippen molar-refractivity contribution in [2.45, 2.75) is 311 Å². The van der Waals surface area contributed by atoms with Crippen LogP contribution < -0.4 is 0 Å². The lowest BCUT2D eigenvalue weighted by molar-refractivity contribution is -0.360. The molecule has 16 unspecified atom stereocenters. The van der Waals surface area contributed by atoms with E-state index in [1.54, 1.807) is 0 Å². The number of phosphoric acid groups is 1. The van der Waals surface area contributed by atoms with Gasteiger partial charge in [-0.15, -0.1) is 0 Å². The minimum Gasteiger partial charge on any atom is -0.462 e. The highest BCUT2D eigenvalue weighted by Crippen LogP contribution is 2.49. The largest absolute Gasteiger partial charge is 0.472 e. The van der Waals surface area contributed by atoms with Gasteiger partial charge in [0, 0.05) is 12.8 Å². The van der Waals surface area contributed by atoms with Crippen LogP contribution >= 0.6 is 7.82 Å². The Morgan fingerprint density at radius 2 is 0.759 bits per heavy atom. The number of carbonyl (C=O) groups is 2. The van der Waals surface area contributed by atoms with Gasteiger partial charge in [-0.05, 0) is 12.8 Å². The van der Waals surface area contributed by atoms with Crippen LogP contribution in [0.2, 0.25) is 0 Å². The fourth-order valence-electron chi connectivity index (χ4n) is 10.2. The first-order chi connectivity index (χ1) is 37.9. The maximum absolute atomic E-state index is 14.0. The van der Waals surface area contributed by atoms with Crippen LogP contribution in [0.25, 0.3) is 0 Å². The molecule has 0 aromatic rings. The molecule has 0 bridgehead atoms. The molecule has 1 aliphatic carbocycles. The van der Waals surface area contributed by atoms with Crippen LogP contribution in [0.4, 0.5) is 0 Å². The van der Waals surface area contributed by atoms with Crippen molar-refractivity contribution >= 4 is 19.8 Å². The maximum Gasteiger partial charge on any atom is 0.472 e. The lowest BCUT2D eigenvalue weighted by Crippen LogP contribution is -2.69. The first-order valence-electron chi connectivity index (χ1n) is 29.9. The smallest absolute Gasteiger partial charge is 0.462 e. The van der Waals surface area contributed by atoms with Gasteiger partial charge in [0.25, 0.3) is 0 Å². The summed E-state index contributed by atoms with van der Waals surface area (Å²) >= 11 is 0. The average molecular weight is 1160 g/mol. The summed E-state index contributed by atoms with van der Waals surface area (Å²) in [6.45, 7) is 1.03. The zero-order valence-corrected chi connectivity index (χ0v) is 48.1. The number of esters is 2. The third-order valence-corrected chi connectivity index (χ3v) is 16.2. The van der Waals surface area contributed by atoms with Gasteiger partial charge in [-0.3, -0.25) is 18.6 Å². The molecular formula is C55H103O23P. The van der Waals surface area contributed by atoms with E-state index in [1.807, 2.05) is 0 Å². The normalized spacial score (nSPS) is 31.4. The number of aliphatic hydroxyl groups is 11. The molecule has 23 nitrogen and oxygen atoms in total. The third-order valence-electron chi connectivity index (χ3n) is 15.2. The van der Waals surface area contributed by atoms with Gasteiger partial charge < -0.3 is 89.5 Å². The number of rotatable bonds is 44.